The zero-order valence-corrected chi connectivity index (χ0v) is 8.87. The molecule has 2 saturated heterocycles. The molecule has 0 aromatic carbocycles. The summed E-state index contributed by atoms with van der Waals surface area (Å²) in [5.74, 6) is 1.28. The lowest BCUT2D eigenvalue weighted by Gasteiger charge is -2.11. The number of carbonyl (C=O) groups is 1. The molecule has 2 unspecified atom stereocenters. The van der Waals surface area contributed by atoms with Crippen LogP contribution in [0.15, 0.2) is 0 Å². The fourth-order valence-electron chi connectivity index (χ4n) is 2.39. The van der Waals surface area contributed by atoms with Crippen molar-refractivity contribution in [1.29, 1.82) is 0 Å². The smallest absolute Gasteiger partial charge is 0.137 e. The van der Waals surface area contributed by atoms with Crippen molar-refractivity contribution in [2.45, 2.75) is 19.3 Å². The van der Waals surface area contributed by atoms with Crippen molar-refractivity contribution in [3.8, 4) is 0 Å². The zero-order chi connectivity index (χ0) is 9.97. The van der Waals surface area contributed by atoms with E-state index >= 15 is 0 Å². The van der Waals surface area contributed by atoms with Crippen LogP contribution >= 0.6 is 0 Å². The lowest BCUT2D eigenvalue weighted by atomic mass is 9.93. The second-order valence-corrected chi connectivity index (χ2v) is 4.65. The van der Waals surface area contributed by atoms with Crippen molar-refractivity contribution >= 4 is 5.78 Å². The number of rotatable bonds is 3. The molecule has 2 rings (SSSR count). The molecule has 0 aliphatic carbocycles. The normalized spacial score (nSPS) is 33.8. The van der Waals surface area contributed by atoms with Crippen LogP contribution in [0.4, 0.5) is 0 Å². The molecule has 3 nitrogen and oxygen atoms in total. The van der Waals surface area contributed by atoms with Gasteiger partial charge < -0.3 is 9.64 Å². The van der Waals surface area contributed by atoms with Gasteiger partial charge in [0, 0.05) is 32.1 Å². The Morgan fingerprint density at radius 2 is 2.36 bits per heavy atom. The van der Waals surface area contributed by atoms with Crippen LogP contribution < -0.4 is 0 Å². The number of Topliss-reactive ketones (excluding diaryl/α,β-unsaturated/α-hetero) is 1. The molecular formula is C11H19NO2. The van der Waals surface area contributed by atoms with Crippen molar-refractivity contribution in [2.24, 2.45) is 11.8 Å². The molecule has 14 heavy (non-hydrogen) atoms. The minimum absolute atomic E-state index is 0.306. The molecule has 2 aliphatic rings. The van der Waals surface area contributed by atoms with Gasteiger partial charge in [-0.1, -0.05) is 0 Å². The van der Waals surface area contributed by atoms with Crippen LogP contribution in [0.25, 0.3) is 0 Å². The van der Waals surface area contributed by atoms with Crippen LogP contribution in [0.5, 0.6) is 0 Å². The molecule has 0 aromatic rings. The second-order valence-electron chi connectivity index (χ2n) is 4.65. The predicted octanol–water partition coefficient (Wildman–Crippen LogP) is 0.934. The number of nitrogens with zero attached hydrogens (tertiary/aromatic N) is 1. The minimum Gasteiger partial charge on any atom is -0.381 e. The zero-order valence-electron chi connectivity index (χ0n) is 8.87. The highest BCUT2D eigenvalue weighted by Crippen LogP contribution is 2.22. The van der Waals surface area contributed by atoms with Crippen molar-refractivity contribution in [3.63, 3.8) is 0 Å². The summed E-state index contributed by atoms with van der Waals surface area (Å²) >= 11 is 0. The maximum atomic E-state index is 11.9. The van der Waals surface area contributed by atoms with E-state index in [0.717, 1.165) is 45.6 Å². The number of ketones is 1. The third-order valence-corrected chi connectivity index (χ3v) is 3.36. The third kappa shape index (κ3) is 2.34. The van der Waals surface area contributed by atoms with E-state index in [0.29, 0.717) is 17.6 Å². The maximum Gasteiger partial charge on any atom is 0.137 e. The van der Waals surface area contributed by atoms with Gasteiger partial charge in [-0.2, -0.15) is 0 Å². The van der Waals surface area contributed by atoms with E-state index in [1.54, 1.807) is 0 Å². The van der Waals surface area contributed by atoms with Gasteiger partial charge in [-0.15, -0.1) is 0 Å². The fraction of sp³-hybridized carbons (Fsp3) is 0.909. The molecule has 0 aromatic heterocycles. The van der Waals surface area contributed by atoms with E-state index in [9.17, 15) is 4.79 Å². The summed E-state index contributed by atoms with van der Waals surface area (Å²) in [6.45, 7) is 3.70. The highest BCUT2D eigenvalue weighted by Gasteiger charge is 2.28. The highest BCUT2D eigenvalue weighted by molar-refractivity contribution is 5.81. The molecule has 2 aliphatic heterocycles. The van der Waals surface area contributed by atoms with Crippen LogP contribution in [0, 0.1) is 11.8 Å². The molecule has 2 heterocycles. The number of likely N-dealkylation sites (tertiary alicyclic amines) is 1. The fourth-order valence-corrected chi connectivity index (χ4v) is 2.39. The summed E-state index contributed by atoms with van der Waals surface area (Å²) < 4.78 is 5.28. The summed E-state index contributed by atoms with van der Waals surface area (Å²) in [5.41, 5.74) is 0. The molecule has 0 radical (unpaired) electrons. The highest BCUT2D eigenvalue weighted by atomic mass is 16.5. The van der Waals surface area contributed by atoms with Gasteiger partial charge >= 0.3 is 0 Å². The summed E-state index contributed by atoms with van der Waals surface area (Å²) in [6.07, 6.45) is 2.88. The second kappa shape index (κ2) is 4.41. The Balaban J connectivity index is 1.77. The molecule has 0 N–H and O–H groups in total. The molecule has 2 atom stereocenters. The Kier molecular flexibility index (Phi) is 3.19. The summed E-state index contributed by atoms with van der Waals surface area (Å²) in [6, 6.07) is 0. The van der Waals surface area contributed by atoms with Crippen LogP contribution in [-0.4, -0.2) is 44.0 Å². The lowest BCUT2D eigenvalue weighted by molar-refractivity contribution is -0.123. The first-order chi connectivity index (χ1) is 6.75. The number of hydrogen-bond acceptors (Lipinski definition) is 3. The molecule has 0 amide bonds. The van der Waals surface area contributed by atoms with E-state index in [1.165, 1.54) is 0 Å². The summed E-state index contributed by atoms with van der Waals surface area (Å²) in [7, 11) is 2.09. The molecule has 0 bridgehead atoms. The SMILES string of the molecule is CN1CCC(C(=O)CC2CCOC2)C1. The van der Waals surface area contributed by atoms with Crippen LogP contribution in [0.2, 0.25) is 0 Å². The van der Waals surface area contributed by atoms with Gasteiger partial charge in [-0.25, -0.2) is 0 Å². The molecule has 0 spiro atoms. The molecular weight excluding hydrogens is 178 g/mol. The standard InChI is InChI=1S/C11H19NO2/c1-12-4-2-10(7-12)11(13)6-9-3-5-14-8-9/h9-10H,2-8H2,1H3. The van der Waals surface area contributed by atoms with Crippen molar-refractivity contribution < 1.29 is 9.53 Å². The Hall–Kier alpha value is -0.410. The van der Waals surface area contributed by atoms with Crippen LogP contribution in [-0.2, 0) is 9.53 Å². The Morgan fingerprint density at radius 3 is 2.93 bits per heavy atom. The van der Waals surface area contributed by atoms with E-state index < -0.39 is 0 Å². The Bertz CT molecular complexity index is 211. The largest absolute Gasteiger partial charge is 0.381 e. The Morgan fingerprint density at radius 1 is 1.50 bits per heavy atom. The first-order valence-corrected chi connectivity index (χ1v) is 5.54. The topological polar surface area (TPSA) is 29.5 Å². The van der Waals surface area contributed by atoms with Gasteiger partial charge in [0.25, 0.3) is 0 Å². The van der Waals surface area contributed by atoms with Crippen molar-refractivity contribution in [1.82, 2.24) is 4.90 Å². The predicted molar refractivity (Wildman–Crippen MR) is 54.2 cm³/mol. The van der Waals surface area contributed by atoms with Gasteiger partial charge in [0.1, 0.15) is 5.78 Å². The number of ether oxygens (including phenoxy) is 1. The average Bonchev–Trinajstić information content (AvgIpc) is 2.75. The quantitative estimate of drug-likeness (QED) is 0.674. The lowest BCUT2D eigenvalue weighted by Crippen LogP contribution is -2.21. The number of hydrogen-bond donors (Lipinski definition) is 0. The summed E-state index contributed by atoms with van der Waals surface area (Å²) in [4.78, 5) is 14.1. The van der Waals surface area contributed by atoms with E-state index in [2.05, 4.69) is 11.9 Å². The molecule has 0 saturated carbocycles. The van der Waals surface area contributed by atoms with Crippen molar-refractivity contribution in [3.05, 3.63) is 0 Å². The van der Waals surface area contributed by atoms with Crippen LogP contribution in [0.1, 0.15) is 19.3 Å². The first-order valence-electron chi connectivity index (χ1n) is 5.54. The average molecular weight is 197 g/mol. The van der Waals surface area contributed by atoms with Crippen LogP contribution in [0.3, 0.4) is 0 Å². The molecule has 2 fully saturated rings. The van der Waals surface area contributed by atoms with Gasteiger partial charge in [0.15, 0.2) is 0 Å². The summed E-state index contributed by atoms with van der Waals surface area (Å²) in [5, 5.41) is 0. The van der Waals surface area contributed by atoms with Gasteiger partial charge in [0.05, 0.1) is 0 Å². The monoisotopic (exact) mass is 197 g/mol. The van der Waals surface area contributed by atoms with E-state index in [-0.39, 0.29) is 0 Å². The molecule has 3 heteroatoms. The van der Waals surface area contributed by atoms with Crippen molar-refractivity contribution in [2.75, 3.05) is 33.4 Å². The Labute approximate surface area is 85.4 Å². The minimum atomic E-state index is 0.306. The number of carbonyl (C=O) groups excluding carboxylic acids is 1. The van der Waals surface area contributed by atoms with E-state index in [4.69, 9.17) is 4.74 Å². The first kappa shape index (κ1) is 10.1. The third-order valence-electron chi connectivity index (χ3n) is 3.36. The maximum absolute atomic E-state index is 11.9. The molecule has 80 valence electrons. The van der Waals surface area contributed by atoms with E-state index in [1.807, 2.05) is 0 Å². The van der Waals surface area contributed by atoms with Gasteiger partial charge in [-0.3, -0.25) is 4.79 Å². The van der Waals surface area contributed by atoms with Gasteiger partial charge in [0.2, 0.25) is 0 Å². The van der Waals surface area contributed by atoms with Gasteiger partial charge in [-0.05, 0) is 32.4 Å².